The van der Waals surface area contributed by atoms with E-state index in [1.807, 2.05) is 13.8 Å². The minimum atomic E-state index is 0.275. The first-order chi connectivity index (χ1) is 8.60. The Morgan fingerprint density at radius 3 is 2.83 bits per heavy atom. The molecule has 0 atom stereocenters. The molecule has 0 saturated carbocycles. The summed E-state index contributed by atoms with van der Waals surface area (Å²) in [5.74, 6) is 6.50. The number of anilines is 1. The van der Waals surface area contributed by atoms with Crippen LogP contribution in [0.3, 0.4) is 0 Å². The second-order valence-electron chi connectivity index (χ2n) is 3.84. The Bertz CT molecular complexity index is 541. The number of hydrazine groups is 1. The minimum Gasteiger partial charge on any atom is -0.434 e. The fourth-order valence-electron chi connectivity index (χ4n) is 1.26. The van der Waals surface area contributed by atoms with E-state index in [2.05, 4.69) is 36.4 Å². The van der Waals surface area contributed by atoms with Gasteiger partial charge in [0.2, 0.25) is 11.8 Å². The molecule has 2 heterocycles. The average Bonchev–Trinajstić information content (AvgIpc) is 2.81. The summed E-state index contributed by atoms with van der Waals surface area (Å²) in [6.45, 7) is 4.07. The summed E-state index contributed by atoms with van der Waals surface area (Å²) in [7, 11) is 0. The Hall–Kier alpha value is -1.67. The van der Waals surface area contributed by atoms with E-state index in [1.54, 1.807) is 23.3 Å². The number of nitrogens with one attached hydrogen (secondary N) is 1. The van der Waals surface area contributed by atoms with Gasteiger partial charge in [-0.2, -0.15) is 10.1 Å². The molecule has 8 heteroatoms. The van der Waals surface area contributed by atoms with E-state index in [4.69, 9.17) is 10.6 Å². The van der Waals surface area contributed by atoms with Gasteiger partial charge in [0, 0.05) is 6.04 Å². The van der Waals surface area contributed by atoms with Gasteiger partial charge < -0.3 is 4.74 Å². The fourth-order valence-corrected chi connectivity index (χ4v) is 1.53. The number of nitrogen functional groups attached to an aromatic ring is 1. The van der Waals surface area contributed by atoms with Crippen LogP contribution in [0.2, 0.25) is 0 Å². The maximum absolute atomic E-state index is 5.61. The molecular weight excluding hydrogens is 300 g/mol. The molecule has 0 amide bonds. The maximum atomic E-state index is 5.61. The number of hydrogen-bond acceptors (Lipinski definition) is 6. The lowest BCUT2D eigenvalue weighted by Gasteiger charge is -2.06. The van der Waals surface area contributed by atoms with Crippen molar-refractivity contribution in [2.45, 2.75) is 19.9 Å². The third kappa shape index (κ3) is 2.77. The summed E-state index contributed by atoms with van der Waals surface area (Å²) in [6, 6.07) is 0.275. The van der Waals surface area contributed by atoms with Gasteiger partial charge in [0.15, 0.2) is 5.75 Å². The molecule has 0 unspecified atom stereocenters. The second kappa shape index (κ2) is 5.32. The Labute approximate surface area is 112 Å². The van der Waals surface area contributed by atoms with Gasteiger partial charge in [-0.05, 0) is 29.8 Å². The summed E-state index contributed by atoms with van der Waals surface area (Å²) in [5.41, 5.74) is 2.36. The van der Waals surface area contributed by atoms with Gasteiger partial charge >= 0.3 is 0 Å². The first kappa shape index (κ1) is 12.8. The number of hydrogen-bond donors (Lipinski definition) is 2. The first-order valence-electron chi connectivity index (χ1n) is 5.31. The van der Waals surface area contributed by atoms with Gasteiger partial charge in [0.1, 0.15) is 0 Å². The molecule has 7 nitrogen and oxygen atoms in total. The number of rotatable bonds is 4. The molecule has 0 bridgehead atoms. The number of nitrogens with zero attached hydrogens (tertiary/aromatic N) is 4. The van der Waals surface area contributed by atoms with E-state index in [1.165, 1.54) is 0 Å². The number of halogens is 1. The highest BCUT2D eigenvalue weighted by molar-refractivity contribution is 9.10. The van der Waals surface area contributed by atoms with Gasteiger partial charge in [-0.1, -0.05) is 0 Å². The molecule has 2 aromatic rings. The molecule has 0 saturated heterocycles. The zero-order valence-corrected chi connectivity index (χ0v) is 11.5. The third-order valence-electron chi connectivity index (χ3n) is 2.16. The minimum absolute atomic E-state index is 0.275. The van der Waals surface area contributed by atoms with Crippen LogP contribution in [0.15, 0.2) is 23.1 Å². The molecule has 0 aliphatic carbocycles. The van der Waals surface area contributed by atoms with Crippen LogP contribution in [-0.2, 0) is 0 Å². The smallest absolute Gasteiger partial charge is 0.240 e. The van der Waals surface area contributed by atoms with Crippen LogP contribution in [0.5, 0.6) is 11.6 Å². The van der Waals surface area contributed by atoms with Crippen LogP contribution in [0.1, 0.15) is 19.9 Å². The van der Waals surface area contributed by atoms with E-state index < -0.39 is 0 Å². The Morgan fingerprint density at radius 1 is 1.44 bits per heavy atom. The van der Waals surface area contributed by atoms with Crippen LogP contribution >= 0.6 is 15.9 Å². The lowest BCUT2D eigenvalue weighted by molar-refractivity contribution is 0.455. The van der Waals surface area contributed by atoms with Crippen LogP contribution in [0.4, 0.5) is 5.95 Å². The molecule has 0 aromatic carbocycles. The summed E-state index contributed by atoms with van der Waals surface area (Å²) >= 11 is 3.31. The molecule has 0 aliphatic heterocycles. The molecule has 2 aromatic heterocycles. The molecule has 96 valence electrons. The van der Waals surface area contributed by atoms with Crippen molar-refractivity contribution in [2.24, 2.45) is 5.84 Å². The Kier molecular flexibility index (Phi) is 3.78. The highest BCUT2D eigenvalue weighted by Crippen LogP contribution is 2.27. The van der Waals surface area contributed by atoms with Crippen molar-refractivity contribution < 1.29 is 4.74 Å². The van der Waals surface area contributed by atoms with Crippen molar-refractivity contribution in [1.82, 2.24) is 19.7 Å². The van der Waals surface area contributed by atoms with Crippen molar-refractivity contribution in [3.63, 3.8) is 0 Å². The zero-order chi connectivity index (χ0) is 13.1. The summed E-state index contributed by atoms with van der Waals surface area (Å²) in [5, 5.41) is 4.18. The van der Waals surface area contributed by atoms with E-state index in [-0.39, 0.29) is 12.0 Å². The fraction of sp³-hybridized carbons (Fsp3) is 0.300. The molecule has 0 aliphatic rings. The zero-order valence-electron chi connectivity index (χ0n) is 9.96. The van der Waals surface area contributed by atoms with Gasteiger partial charge in [-0.15, -0.1) is 0 Å². The molecule has 2 rings (SSSR count). The molecule has 0 spiro atoms. The average molecular weight is 313 g/mol. The molecule has 3 N–H and O–H groups in total. The van der Waals surface area contributed by atoms with Crippen molar-refractivity contribution in [3.05, 3.63) is 23.1 Å². The second-order valence-corrected chi connectivity index (χ2v) is 4.70. The third-order valence-corrected chi connectivity index (χ3v) is 2.71. The van der Waals surface area contributed by atoms with E-state index >= 15 is 0 Å². The topological polar surface area (TPSA) is 90.9 Å². The Morgan fingerprint density at radius 2 is 2.22 bits per heavy atom. The van der Waals surface area contributed by atoms with Crippen LogP contribution in [0, 0.1) is 0 Å². The predicted molar refractivity (Wildman–Crippen MR) is 70.2 cm³/mol. The lowest BCUT2D eigenvalue weighted by Crippen LogP contribution is -2.10. The van der Waals surface area contributed by atoms with Crippen molar-refractivity contribution in [3.8, 4) is 11.6 Å². The largest absolute Gasteiger partial charge is 0.434 e. The molecule has 0 fully saturated rings. The summed E-state index contributed by atoms with van der Waals surface area (Å²) in [6.07, 6.45) is 4.99. The van der Waals surface area contributed by atoms with Crippen molar-refractivity contribution in [1.29, 1.82) is 0 Å². The maximum Gasteiger partial charge on any atom is 0.240 e. The van der Waals surface area contributed by atoms with Gasteiger partial charge in [-0.25, -0.2) is 10.8 Å². The highest BCUT2D eigenvalue weighted by Gasteiger charge is 2.09. The van der Waals surface area contributed by atoms with Crippen LogP contribution in [-0.4, -0.2) is 19.7 Å². The Balaban J connectivity index is 2.22. The SMILES string of the molecule is CC(C)n1cc(Oc2nc(NN)ncc2Br)cn1. The first-order valence-corrected chi connectivity index (χ1v) is 6.10. The lowest BCUT2D eigenvalue weighted by atomic mass is 10.4. The number of ether oxygens (including phenoxy) is 1. The van der Waals surface area contributed by atoms with Gasteiger partial charge in [0.05, 0.1) is 23.1 Å². The van der Waals surface area contributed by atoms with Crippen LogP contribution < -0.4 is 16.0 Å². The van der Waals surface area contributed by atoms with Gasteiger partial charge in [0.25, 0.3) is 0 Å². The monoisotopic (exact) mass is 312 g/mol. The molecule has 18 heavy (non-hydrogen) atoms. The number of nitrogens with two attached hydrogens (primary N) is 1. The summed E-state index contributed by atoms with van der Waals surface area (Å²) in [4.78, 5) is 8.02. The standard InChI is InChI=1S/C10H13BrN6O/c1-6(2)17-5-7(3-14-17)18-9-8(11)4-13-10(15-9)16-12/h3-6H,12H2,1-2H3,(H,13,15,16). The van der Waals surface area contributed by atoms with E-state index in [9.17, 15) is 0 Å². The highest BCUT2D eigenvalue weighted by atomic mass is 79.9. The quantitative estimate of drug-likeness (QED) is 0.663. The molecular formula is C10H13BrN6O. The van der Waals surface area contributed by atoms with Crippen molar-refractivity contribution in [2.75, 3.05) is 5.43 Å². The van der Waals surface area contributed by atoms with Crippen molar-refractivity contribution >= 4 is 21.9 Å². The normalized spacial score (nSPS) is 10.7. The number of aromatic nitrogens is 4. The van der Waals surface area contributed by atoms with E-state index in [0.29, 0.717) is 16.1 Å². The van der Waals surface area contributed by atoms with Gasteiger partial charge in [-0.3, -0.25) is 10.1 Å². The predicted octanol–water partition coefficient (Wildman–Crippen LogP) is 2.09. The van der Waals surface area contributed by atoms with Crippen LogP contribution in [0.25, 0.3) is 0 Å². The van der Waals surface area contributed by atoms with E-state index in [0.717, 1.165) is 0 Å². The molecule has 0 radical (unpaired) electrons. The summed E-state index contributed by atoms with van der Waals surface area (Å²) < 4.78 is 8.04.